The molecule has 1 saturated heterocycles. The molecule has 1 aromatic carbocycles. The molecule has 126 valence electrons. The van der Waals surface area contributed by atoms with Crippen molar-refractivity contribution in [2.45, 2.75) is 6.92 Å². The van der Waals surface area contributed by atoms with Gasteiger partial charge in [0.15, 0.2) is 5.11 Å². The monoisotopic (exact) mass is 337 g/mol. The molecule has 0 spiro atoms. The van der Waals surface area contributed by atoms with Gasteiger partial charge in [-0.05, 0) is 31.3 Å². The normalized spacial score (nSPS) is 15.5. The third kappa shape index (κ3) is 6.52. The highest BCUT2D eigenvalue weighted by Crippen LogP contribution is 2.15. The van der Waals surface area contributed by atoms with Crippen LogP contribution in [-0.2, 0) is 4.74 Å². The summed E-state index contributed by atoms with van der Waals surface area (Å²) in [5.74, 6) is 0.815. The summed E-state index contributed by atoms with van der Waals surface area (Å²) >= 11 is 5.22. The van der Waals surface area contributed by atoms with E-state index in [2.05, 4.69) is 15.8 Å². The fourth-order valence-electron chi connectivity index (χ4n) is 2.34. The molecular formula is C16H25N4O2S+. The molecule has 1 fully saturated rings. The van der Waals surface area contributed by atoms with E-state index in [1.54, 1.807) is 11.1 Å². The molecule has 1 aromatic rings. The Morgan fingerprint density at radius 2 is 2.17 bits per heavy atom. The van der Waals surface area contributed by atoms with E-state index < -0.39 is 0 Å². The second kappa shape index (κ2) is 10.1. The topological polar surface area (TPSA) is 59.3 Å². The number of nitrogens with zero attached hydrogens (tertiary/aromatic N) is 1. The average molecular weight is 337 g/mol. The van der Waals surface area contributed by atoms with Crippen LogP contribution in [-0.4, -0.2) is 57.3 Å². The second-order valence-corrected chi connectivity index (χ2v) is 5.62. The Balaban J connectivity index is 1.69. The van der Waals surface area contributed by atoms with Gasteiger partial charge in [-0.1, -0.05) is 12.1 Å². The van der Waals surface area contributed by atoms with Crippen molar-refractivity contribution in [1.29, 1.82) is 0 Å². The number of morpholine rings is 1. The number of quaternary nitrogens is 1. The Labute approximate surface area is 142 Å². The van der Waals surface area contributed by atoms with Crippen molar-refractivity contribution in [2.75, 3.05) is 46.0 Å². The smallest absolute Gasteiger partial charge is 0.187 e. The third-order valence-electron chi connectivity index (χ3n) is 3.55. The van der Waals surface area contributed by atoms with Crippen LogP contribution in [0.2, 0.25) is 0 Å². The van der Waals surface area contributed by atoms with Crippen LogP contribution in [0.15, 0.2) is 29.4 Å². The van der Waals surface area contributed by atoms with Gasteiger partial charge in [0, 0.05) is 5.56 Å². The highest BCUT2D eigenvalue weighted by molar-refractivity contribution is 7.80. The number of benzene rings is 1. The molecule has 0 saturated carbocycles. The zero-order chi connectivity index (χ0) is 16.3. The Morgan fingerprint density at radius 3 is 2.96 bits per heavy atom. The Bertz CT molecular complexity index is 519. The van der Waals surface area contributed by atoms with Gasteiger partial charge in [0.05, 0.1) is 39.1 Å². The van der Waals surface area contributed by atoms with Crippen molar-refractivity contribution in [3.05, 3.63) is 29.8 Å². The van der Waals surface area contributed by atoms with Gasteiger partial charge in [-0.25, -0.2) is 0 Å². The van der Waals surface area contributed by atoms with E-state index in [4.69, 9.17) is 21.7 Å². The fraction of sp³-hybridized carbons (Fsp3) is 0.500. The number of ether oxygens (including phenoxy) is 2. The van der Waals surface area contributed by atoms with E-state index in [0.717, 1.165) is 50.7 Å². The molecule has 0 amide bonds. The molecule has 3 N–H and O–H groups in total. The van der Waals surface area contributed by atoms with Gasteiger partial charge in [0.1, 0.15) is 18.8 Å². The van der Waals surface area contributed by atoms with Gasteiger partial charge >= 0.3 is 0 Å². The summed E-state index contributed by atoms with van der Waals surface area (Å²) in [6, 6.07) is 7.77. The molecule has 6 nitrogen and oxygen atoms in total. The van der Waals surface area contributed by atoms with Crippen LogP contribution in [0.3, 0.4) is 0 Å². The molecule has 0 bridgehead atoms. The lowest BCUT2D eigenvalue weighted by molar-refractivity contribution is -0.906. The van der Waals surface area contributed by atoms with E-state index in [-0.39, 0.29) is 0 Å². The number of nitrogens with one attached hydrogen (secondary N) is 3. The van der Waals surface area contributed by atoms with Crippen LogP contribution in [0.5, 0.6) is 5.75 Å². The third-order valence-corrected chi connectivity index (χ3v) is 3.79. The first kappa shape index (κ1) is 17.7. The van der Waals surface area contributed by atoms with Crippen molar-refractivity contribution in [2.24, 2.45) is 5.10 Å². The number of thiocarbonyl (C=S) groups is 1. The molecule has 0 atom stereocenters. The number of hydrazone groups is 1. The molecule has 2 rings (SSSR count). The first-order valence-corrected chi connectivity index (χ1v) is 8.40. The SMILES string of the molecule is CCOc1ccccc1/C=N\NC(=S)NCC[NH+]1CCOCC1. The van der Waals surface area contributed by atoms with Crippen molar-refractivity contribution >= 4 is 23.5 Å². The summed E-state index contributed by atoms with van der Waals surface area (Å²) in [6.45, 7) is 8.27. The van der Waals surface area contributed by atoms with E-state index in [9.17, 15) is 0 Å². The number of hydrogen-bond donors (Lipinski definition) is 3. The van der Waals surface area contributed by atoms with Crippen LogP contribution < -0.4 is 20.4 Å². The maximum absolute atomic E-state index is 5.55. The highest BCUT2D eigenvalue weighted by Gasteiger charge is 2.12. The Kier molecular flexibility index (Phi) is 7.79. The maximum Gasteiger partial charge on any atom is 0.187 e. The van der Waals surface area contributed by atoms with Gasteiger partial charge in [0.2, 0.25) is 0 Å². The summed E-state index contributed by atoms with van der Waals surface area (Å²) in [5.41, 5.74) is 3.76. The van der Waals surface area contributed by atoms with Gasteiger partial charge < -0.3 is 19.7 Å². The molecule has 0 aliphatic carbocycles. The molecule has 1 aliphatic heterocycles. The Hall–Kier alpha value is -1.70. The van der Waals surface area contributed by atoms with E-state index in [1.165, 1.54) is 0 Å². The average Bonchev–Trinajstić information content (AvgIpc) is 2.58. The number of hydrogen-bond acceptors (Lipinski definition) is 4. The zero-order valence-electron chi connectivity index (χ0n) is 13.5. The number of para-hydroxylation sites is 1. The highest BCUT2D eigenvalue weighted by atomic mass is 32.1. The fourth-order valence-corrected chi connectivity index (χ4v) is 2.49. The lowest BCUT2D eigenvalue weighted by Gasteiger charge is -2.23. The van der Waals surface area contributed by atoms with Crippen LogP contribution in [0, 0.1) is 0 Å². The van der Waals surface area contributed by atoms with Crippen molar-refractivity contribution in [3.8, 4) is 5.75 Å². The first-order valence-electron chi connectivity index (χ1n) is 7.99. The standard InChI is InChI=1S/C16H24N4O2S/c1-2-22-15-6-4-3-5-14(15)13-18-19-16(23)17-7-8-20-9-11-21-12-10-20/h3-6,13H,2,7-12H2,1H3,(H2,17,19,23)/p+1/b18-13-. The van der Waals surface area contributed by atoms with Gasteiger partial charge in [-0.2, -0.15) is 5.10 Å². The predicted molar refractivity (Wildman–Crippen MR) is 95.3 cm³/mol. The molecular weight excluding hydrogens is 312 g/mol. The minimum absolute atomic E-state index is 0.530. The van der Waals surface area contributed by atoms with Crippen LogP contribution in [0.4, 0.5) is 0 Å². The van der Waals surface area contributed by atoms with E-state index in [0.29, 0.717) is 11.7 Å². The molecule has 1 aliphatic rings. The quantitative estimate of drug-likeness (QED) is 0.365. The van der Waals surface area contributed by atoms with Gasteiger partial charge in [0.25, 0.3) is 0 Å². The van der Waals surface area contributed by atoms with Crippen LogP contribution in [0.25, 0.3) is 0 Å². The van der Waals surface area contributed by atoms with E-state index >= 15 is 0 Å². The summed E-state index contributed by atoms with van der Waals surface area (Å²) < 4.78 is 10.9. The lowest BCUT2D eigenvalue weighted by Crippen LogP contribution is -3.14. The second-order valence-electron chi connectivity index (χ2n) is 5.21. The molecule has 0 unspecified atom stereocenters. The Morgan fingerprint density at radius 1 is 1.39 bits per heavy atom. The largest absolute Gasteiger partial charge is 0.493 e. The van der Waals surface area contributed by atoms with Crippen molar-refractivity contribution in [3.63, 3.8) is 0 Å². The van der Waals surface area contributed by atoms with Crippen molar-refractivity contribution < 1.29 is 14.4 Å². The predicted octanol–water partition coefficient (Wildman–Crippen LogP) is -0.202. The van der Waals surface area contributed by atoms with E-state index in [1.807, 2.05) is 31.2 Å². The molecule has 0 aromatic heterocycles. The zero-order valence-corrected chi connectivity index (χ0v) is 14.3. The van der Waals surface area contributed by atoms with Crippen LogP contribution in [0.1, 0.15) is 12.5 Å². The summed E-state index contributed by atoms with van der Waals surface area (Å²) in [7, 11) is 0. The summed E-state index contributed by atoms with van der Waals surface area (Å²) in [5, 5.41) is 7.86. The molecule has 1 heterocycles. The van der Waals surface area contributed by atoms with Crippen LogP contribution >= 0.6 is 12.2 Å². The lowest BCUT2D eigenvalue weighted by atomic mass is 10.2. The minimum atomic E-state index is 0.530. The number of rotatable bonds is 7. The summed E-state index contributed by atoms with van der Waals surface area (Å²) in [4.78, 5) is 1.54. The van der Waals surface area contributed by atoms with Crippen molar-refractivity contribution in [1.82, 2.24) is 10.7 Å². The summed E-state index contributed by atoms with van der Waals surface area (Å²) in [6.07, 6.45) is 1.71. The van der Waals surface area contributed by atoms with Gasteiger partial charge in [-0.15, -0.1) is 0 Å². The maximum atomic E-state index is 5.55. The van der Waals surface area contributed by atoms with Gasteiger partial charge in [-0.3, -0.25) is 5.43 Å². The minimum Gasteiger partial charge on any atom is -0.493 e. The first-order chi connectivity index (χ1) is 11.3. The molecule has 0 radical (unpaired) electrons. The molecule has 23 heavy (non-hydrogen) atoms. The molecule has 7 heteroatoms.